The first-order valence-corrected chi connectivity index (χ1v) is 10.3. The summed E-state index contributed by atoms with van der Waals surface area (Å²) < 4.78 is 0. The van der Waals surface area contributed by atoms with E-state index in [0.717, 1.165) is 12.8 Å². The van der Waals surface area contributed by atoms with Crippen molar-refractivity contribution in [1.29, 1.82) is 0 Å². The quantitative estimate of drug-likeness (QED) is 0.297. The van der Waals surface area contributed by atoms with E-state index in [4.69, 9.17) is 0 Å². The molecule has 0 aromatic heterocycles. The van der Waals surface area contributed by atoms with Crippen LogP contribution in [0.1, 0.15) is 87.1 Å². The van der Waals surface area contributed by atoms with Gasteiger partial charge in [-0.15, -0.1) is 0 Å². The number of aromatic carboxylic acids is 1. The highest BCUT2D eigenvalue weighted by atomic mass is 16.4. The number of carboxylic acids is 1. The summed E-state index contributed by atoms with van der Waals surface area (Å²) in [5.74, 6) is -2.05. The Morgan fingerprint density at radius 2 is 1.30 bits per heavy atom. The number of rotatable bonds is 12. The molecule has 0 bridgehead atoms. The number of benzene rings is 2. The van der Waals surface area contributed by atoms with Crippen molar-refractivity contribution >= 4 is 16.7 Å². The van der Waals surface area contributed by atoms with E-state index in [1.165, 1.54) is 51.4 Å². The molecular weight excluding hydrogens is 340 g/mol. The maximum Gasteiger partial charge on any atom is 0.340 e. The number of carboxylic acid groups (broad SMARTS) is 1. The van der Waals surface area contributed by atoms with E-state index in [0.29, 0.717) is 22.8 Å². The lowest BCUT2D eigenvalue weighted by atomic mass is 9.94. The van der Waals surface area contributed by atoms with E-state index < -0.39 is 11.7 Å². The first-order valence-electron chi connectivity index (χ1n) is 10.3. The van der Waals surface area contributed by atoms with Crippen LogP contribution in [-0.4, -0.2) is 21.3 Å². The summed E-state index contributed by atoms with van der Waals surface area (Å²) in [6, 6.07) is 7.06. The summed E-state index contributed by atoms with van der Waals surface area (Å²) in [6.45, 7) is 2.23. The zero-order valence-corrected chi connectivity index (χ0v) is 16.3. The number of hydrogen-bond donors (Lipinski definition) is 3. The molecule has 2 aromatic rings. The Morgan fingerprint density at radius 1 is 0.778 bits per heavy atom. The van der Waals surface area contributed by atoms with Crippen LogP contribution >= 0.6 is 0 Å². The summed E-state index contributed by atoms with van der Waals surface area (Å²) in [4.78, 5) is 11.5. The van der Waals surface area contributed by atoms with Gasteiger partial charge in [-0.1, -0.05) is 89.0 Å². The molecular formula is C23H32O4. The van der Waals surface area contributed by atoms with Gasteiger partial charge in [0.25, 0.3) is 0 Å². The van der Waals surface area contributed by atoms with Gasteiger partial charge in [-0.05, 0) is 18.2 Å². The number of aryl methyl sites for hydroxylation is 1. The fourth-order valence-electron chi connectivity index (χ4n) is 3.74. The number of phenolic OH excluding ortho intramolecular Hbond substituents is 1. The van der Waals surface area contributed by atoms with Crippen LogP contribution in [0.5, 0.6) is 11.5 Å². The molecule has 27 heavy (non-hydrogen) atoms. The van der Waals surface area contributed by atoms with Gasteiger partial charge in [0.05, 0.1) is 0 Å². The third kappa shape index (κ3) is 5.62. The van der Waals surface area contributed by atoms with Crippen molar-refractivity contribution in [2.45, 2.75) is 77.6 Å². The minimum Gasteiger partial charge on any atom is -0.504 e. The molecule has 0 amide bonds. The highest BCUT2D eigenvalue weighted by Crippen LogP contribution is 2.40. The Labute approximate surface area is 161 Å². The van der Waals surface area contributed by atoms with Crippen LogP contribution in [0.15, 0.2) is 24.3 Å². The molecule has 0 heterocycles. The molecule has 148 valence electrons. The zero-order valence-electron chi connectivity index (χ0n) is 16.3. The number of aromatic hydroxyl groups is 2. The molecule has 0 aliphatic carbocycles. The van der Waals surface area contributed by atoms with Crippen LogP contribution in [0, 0.1) is 0 Å². The summed E-state index contributed by atoms with van der Waals surface area (Å²) in [6.07, 6.45) is 12.9. The molecule has 0 fully saturated rings. The third-order valence-electron chi connectivity index (χ3n) is 5.26. The van der Waals surface area contributed by atoms with Crippen molar-refractivity contribution in [3.8, 4) is 11.5 Å². The Balaban J connectivity index is 1.91. The highest BCUT2D eigenvalue weighted by molar-refractivity contribution is 6.08. The Hall–Kier alpha value is -2.23. The van der Waals surface area contributed by atoms with Crippen molar-refractivity contribution in [3.05, 3.63) is 35.4 Å². The van der Waals surface area contributed by atoms with Gasteiger partial charge < -0.3 is 15.3 Å². The predicted molar refractivity (Wildman–Crippen MR) is 110 cm³/mol. The van der Waals surface area contributed by atoms with Gasteiger partial charge in [-0.25, -0.2) is 4.79 Å². The van der Waals surface area contributed by atoms with E-state index in [1.54, 1.807) is 12.1 Å². The molecule has 0 atom stereocenters. The number of hydrogen-bond acceptors (Lipinski definition) is 3. The summed E-state index contributed by atoms with van der Waals surface area (Å²) in [5, 5.41) is 31.1. The molecule has 0 aliphatic rings. The fourth-order valence-corrected chi connectivity index (χ4v) is 3.74. The van der Waals surface area contributed by atoms with Crippen LogP contribution in [0.3, 0.4) is 0 Å². The van der Waals surface area contributed by atoms with Crippen molar-refractivity contribution in [2.24, 2.45) is 0 Å². The van der Waals surface area contributed by atoms with Gasteiger partial charge in [0.1, 0.15) is 5.56 Å². The maximum absolute atomic E-state index is 11.5. The molecule has 2 aromatic carbocycles. The monoisotopic (exact) mass is 372 g/mol. The lowest BCUT2D eigenvalue weighted by Crippen LogP contribution is -2.01. The van der Waals surface area contributed by atoms with E-state index in [1.807, 2.05) is 12.1 Å². The minimum atomic E-state index is -1.23. The Bertz CT molecular complexity index is 752. The second-order valence-electron chi connectivity index (χ2n) is 7.33. The van der Waals surface area contributed by atoms with E-state index in [9.17, 15) is 20.1 Å². The van der Waals surface area contributed by atoms with Crippen molar-refractivity contribution < 1.29 is 20.1 Å². The normalized spacial score (nSPS) is 11.1. The first kappa shape index (κ1) is 21.1. The fraction of sp³-hybridized carbons (Fsp3) is 0.522. The van der Waals surface area contributed by atoms with Crippen LogP contribution in [-0.2, 0) is 6.42 Å². The average molecular weight is 373 g/mol. The zero-order chi connectivity index (χ0) is 19.6. The molecule has 4 heteroatoms. The molecule has 0 aliphatic heterocycles. The lowest BCUT2D eigenvalue weighted by molar-refractivity contribution is 0.0695. The summed E-state index contributed by atoms with van der Waals surface area (Å²) in [5.41, 5.74) is 0.419. The number of carbonyl (C=O) groups is 1. The number of fused-ring (bicyclic) bond motifs is 1. The lowest BCUT2D eigenvalue weighted by Gasteiger charge is -2.14. The SMILES string of the molecule is CCCCCCCCCCCCc1c(O)c(O)c(C(=O)O)c2ccccc12. The van der Waals surface area contributed by atoms with E-state index in [2.05, 4.69) is 6.92 Å². The third-order valence-corrected chi connectivity index (χ3v) is 5.26. The van der Waals surface area contributed by atoms with E-state index in [-0.39, 0.29) is 11.3 Å². The van der Waals surface area contributed by atoms with Gasteiger partial charge in [0.15, 0.2) is 11.5 Å². The summed E-state index contributed by atoms with van der Waals surface area (Å²) in [7, 11) is 0. The van der Waals surface area contributed by atoms with Crippen LogP contribution in [0.4, 0.5) is 0 Å². The molecule has 3 N–H and O–H groups in total. The minimum absolute atomic E-state index is 0.227. The Morgan fingerprint density at radius 3 is 1.85 bits per heavy atom. The molecule has 2 rings (SSSR count). The first-order chi connectivity index (χ1) is 13.1. The van der Waals surface area contributed by atoms with Crippen LogP contribution < -0.4 is 0 Å². The van der Waals surface area contributed by atoms with Gasteiger partial charge in [-0.2, -0.15) is 0 Å². The topological polar surface area (TPSA) is 77.8 Å². The Kier molecular flexibility index (Phi) is 8.43. The standard InChI is InChI=1S/C23H32O4/c1-2-3-4-5-6-7-8-9-10-11-16-19-17-14-12-13-15-18(17)20(23(26)27)22(25)21(19)24/h12-15,24-25H,2-11,16H2,1H3,(H,26,27). The second-order valence-corrected chi connectivity index (χ2v) is 7.33. The molecule has 4 nitrogen and oxygen atoms in total. The van der Waals surface area contributed by atoms with Crippen molar-refractivity contribution in [2.75, 3.05) is 0 Å². The van der Waals surface area contributed by atoms with Gasteiger partial charge >= 0.3 is 5.97 Å². The van der Waals surface area contributed by atoms with Crippen LogP contribution in [0.25, 0.3) is 10.8 Å². The summed E-state index contributed by atoms with van der Waals surface area (Å²) >= 11 is 0. The van der Waals surface area contributed by atoms with Gasteiger partial charge in [0.2, 0.25) is 0 Å². The van der Waals surface area contributed by atoms with Crippen LogP contribution in [0.2, 0.25) is 0 Å². The van der Waals surface area contributed by atoms with Gasteiger partial charge in [0, 0.05) is 10.9 Å². The maximum atomic E-state index is 11.5. The van der Waals surface area contributed by atoms with E-state index >= 15 is 0 Å². The van der Waals surface area contributed by atoms with Gasteiger partial charge in [-0.3, -0.25) is 0 Å². The largest absolute Gasteiger partial charge is 0.504 e. The highest BCUT2D eigenvalue weighted by Gasteiger charge is 2.22. The number of unbranched alkanes of at least 4 members (excludes halogenated alkanes) is 9. The van der Waals surface area contributed by atoms with Crippen molar-refractivity contribution in [3.63, 3.8) is 0 Å². The molecule has 0 spiro atoms. The average Bonchev–Trinajstić information content (AvgIpc) is 2.65. The number of phenols is 2. The molecule has 0 saturated carbocycles. The van der Waals surface area contributed by atoms with Crippen molar-refractivity contribution in [1.82, 2.24) is 0 Å². The molecule has 0 unspecified atom stereocenters. The molecule has 0 radical (unpaired) electrons. The predicted octanol–water partition coefficient (Wildman–Crippen LogP) is 6.41. The molecule has 0 saturated heterocycles. The second kappa shape index (κ2) is 10.8. The smallest absolute Gasteiger partial charge is 0.340 e.